The van der Waals surface area contributed by atoms with E-state index in [1.54, 1.807) is 33.7 Å². The van der Waals surface area contributed by atoms with Crippen molar-refractivity contribution in [3.05, 3.63) is 42.6 Å². The molecule has 12 nitrogen and oxygen atoms in total. The van der Waals surface area contributed by atoms with Crippen LogP contribution in [-0.2, 0) is 16.5 Å². The number of aryl methyl sites for hydroxylation is 1. The molecule has 4 aromatic rings. The number of imidazole rings is 1. The molecule has 1 saturated carbocycles. The number of anilines is 2. The molecule has 182 valence electrons. The fourth-order valence-corrected chi connectivity index (χ4v) is 4.04. The summed E-state index contributed by atoms with van der Waals surface area (Å²) >= 11 is 0. The second kappa shape index (κ2) is 8.05. The highest BCUT2D eigenvalue weighted by Crippen LogP contribution is 2.36. The van der Waals surface area contributed by atoms with Crippen LogP contribution in [0.4, 0.5) is 21.0 Å². The lowest BCUT2D eigenvalue weighted by Crippen LogP contribution is -2.39. The number of carbonyl (C=O) groups excluding carboxylic acids is 1. The van der Waals surface area contributed by atoms with Crippen molar-refractivity contribution < 1.29 is 18.7 Å². The number of nitrogens with one attached hydrogen (secondary N) is 3. The van der Waals surface area contributed by atoms with Crippen LogP contribution in [0.2, 0.25) is 0 Å². The molecule has 0 radical (unpaired) electrons. The molecule has 1 aliphatic heterocycles. The van der Waals surface area contributed by atoms with Crippen LogP contribution < -0.4 is 10.6 Å². The van der Waals surface area contributed by atoms with Gasteiger partial charge in [-0.1, -0.05) is 0 Å². The van der Waals surface area contributed by atoms with Crippen LogP contribution in [-0.4, -0.2) is 64.9 Å². The molecule has 13 heteroatoms. The maximum Gasteiger partial charge on any atom is 0.408 e. The number of fused-ring (bicyclic) bond motifs is 1. The summed E-state index contributed by atoms with van der Waals surface area (Å²) in [5.74, 6) is 0.901. The number of alkyl carbamates (subject to hydrolysis) is 1. The van der Waals surface area contributed by atoms with Crippen molar-refractivity contribution in [2.24, 2.45) is 7.05 Å². The summed E-state index contributed by atoms with van der Waals surface area (Å²) in [6.07, 6.45) is 4.72. The van der Waals surface area contributed by atoms with E-state index in [1.807, 2.05) is 26.2 Å². The lowest BCUT2D eigenvalue weighted by Gasteiger charge is -2.17. The zero-order valence-corrected chi connectivity index (χ0v) is 19.1. The van der Waals surface area contributed by atoms with Crippen molar-refractivity contribution >= 4 is 23.5 Å². The van der Waals surface area contributed by atoms with E-state index in [-0.39, 0.29) is 12.1 Å². The second-order valence-corrected chi connectivity index (χ2v) is 9.18. The lowest BCUT2D eigenvalue weighted by molar-refractivity contribution is 0.0604. The van der Waals surface area contributed by atoms with Gasteiger partial charge < -0.3 is 20.1 Å². The molecule has 3 N–H and O–H groups in total. The number of amides is 1. The first-order chi connectivity index (χ1) is 16.9. The standard InChI is InChI=1S/C22H24FN9O3/c1-22(3-4-22)28-21(33)35-15-11-34-19(18(15)23)14-7-16(30-29-14)27-20-26-13(12-9-25-31(2)10-12)8-17-24-5-6-32(17)20/h5-10,15,18-19H,3-4,11H2,1-2H3,(H,28,33)(H2,26,27,29,30)/t15-,18+,19-/m0/s1. The normalized spacial score (nSPS) is 22.9. The van der Waals surface area contributed by atoms with Crippen molar-refractivity contribution in [3.8, 4) is 11.3 Å². The number of hydrogen-bond donors (Lipinski definition) is 3. The van der Waals surface area contributed by atoms with Gasteiger partial charge in [0, 0.05) is 48.9 Å². The Bertz CT molecular complexity index is 1390. The molecule has 0 bridgehead atoms. The molecule has 4 aromatic heterocycles. The highest BCUT2D eigenvalue weighted by atomic mass is 19.1. The number of hydrogen-bond acceptors (Lipinski definition) is 8. The van der Waals surface area contributed by atoms with Crippen molar-refractivity contribution in [1.82, 2.24) is 39.7 Å². The second-order valence-electron chi connectivity index (χ2n) is 9.18. The summed E-state index contributed by atoms with van der Waals surface area (Å²) in [7, 11) is 1.83. The Labute approximate surface area is 198 Å². The molecule has 5 heterocycles. The fourth-order valence-electron chi connectivity index (χ4n) is 4.04. The number of nitrogens with zero attached hydrogens (tertiary/aromatic N) is 6. The Morgan fingerprint density at radius 1 is 1.37 bits per heavy atom. The maximum atomic E-state index is 15.1. The Hall–Kier alpha value is -4.00. The third kappa shape index (κ3) is 4.18. The van der Waals surface area contributed by atoms with Gasteiger partial charge in [-0.2, -0.15) is 10.2 Å². The zero-order valence-electron chi connectivity index (χ0n) is 19.1. The Morgan fingerprint density at radius 3 is 3.00 bits per heavy atom. The van der Waals surface area contributed by atoms with Gasteiger partial charge in [0.2, 0.25) is 5.95 Å². The summed E-state index contributed by atoms with van der Waals surface area (Å²) in [6, 6.07) is 3.50. The van der Waals surface area contributed by atoms with Crippen molar-refractivity contribution in [3.63, 3.8) is 0 Å². The number of carbonyl (C=O) groups is 1. The molecule has 2 aliphatic rings. The lowest BCUT2D eigenvalue weighted by atomic mass is 10.1. The first-order valence-electron chi connectivity index (χ1n) is 11.3. The van der Waals surface area contributed by atoms with Crippen LogP contribution in [0.25, 0.3) is 16.9 Å². The van der Waals surface area contributed by atoms with E-state index in [0.717, 1.165) is 18.4 Å². The van der Waals surface area contributed by atoms with E-state index < -0.39 is 24.5 Å². The van der Waals surface area contributed by atoms with E-state index in [9.17, 15) is 4.79 Å². The number of aromatic amines is 1. The van der Waals surface area contributed by atoms with Gasteiger partial charge in [-0.05, 0) is 19.8 Å². The van der Waals surface area contributed by atoms with E-state index in [0.29, 0.717) is 28.8 Å². The molecule has 2 fully saturated rings. The highest BCUT2D eigenvalue weighted by Gasteiger charge is 2.44. The molecule has 1 aliphatic carbocycles. The monoisotopic (exact) mass is 481 g/mol. The van der Waals surface area contributed by atoms with Gasteiger partial charge in [-0.15, -0.1) is 0 Å². The van der Waals surface area contributed by atoms with Crippen LogP contribution in [0.3, 0.4) is 0 Å². The van der Waals surface area contributed by atoms with E-state index in [1.165, 1.54) is 0 Å². The SMILES string of the molecule is Cn1cc(-c2cc3nccn3c(Nc3cc([C@@H]4OC[C@H](OC(=O)NC5(C)CC5)[C@H]4F)[nH]n3)n2)cn1. The Balaban J connectivity index is 1.18. The van der Waals surface area contributed by atoms with Crippen molar-refractivity contribution in [2.45, 2.75) is 43.7 Å². The molecule has 3 atom stereocenters. The van der Waals surface area contributed by atoms with Crippen LogP contribution in [0.1, 0.15) is 31.6 Å². The number of alkyl halides is 1. The minimum atomic E-state index is -1.53. The largest absolute Gasteiger partial charge is 0.441 e. The number of aromatic nitrogens is 7. The average molecular weight is 481 g/mol. The van der Waals surface area contributed by atoms with Gasteiger partial charge >= 0.3 is 6.09 Å². The average Bonchev–Trinajstić information content (AvgIpc) is 3.34. The number of halogens is 1. The molecule has 1 amide bonds. The number of rotatable bonds is 6. The fraction of sp³-hybridized carbons (Fsp3) is 0.409. The highest BCUT2D eigenvalue weighted by molar-refractivity contribution is 5.69. The summed E-state index contributed by atoms with van der Waals surface area (Å²) < 4.78 is 29.4. The third-order valence-corrected chi connectivity index (χ3v) is 6.28. The third-order valence-electron chi connectivity index (χ3n) is 6.28. The summed E-state index contributed by atoms with van der Waals surface area (Å²) in [5.41, 5.74) is 2.41. The first-order valence-corrected chi connectivity index (χ1v) is 11.3. The van der Waals surface area contributed by atoms with Gasteiger partial charge in [0.1, 0.15) is 11.8 Å². The zero-order chi connectivity index (χ0) is 24.2. The van der Waals surface area contributed by atoms with Gasteiger partial charge in [-0.25, -0.2) is 19.2 Å². The number of H-pyrrole nitrogens is 1. The van der Waals surface area contributed by atoms with Crippen molar-refractivity contribution in [2.75, 3.05) is 11.9 Å². The quantitative estimate of drug-likeness (QED) is 0.382. The molecule has 0 spiro atoms. The van der Waals surface area contributed by atoms with E-state index >= 15 is 4.39 Å². The van der Waals surface area contributed by atoms with Gasteiger partial charge in [0.15, 0.2) is 18.1 Å². The molecule has 0 unspecified atom stereocenters. The first kappa shape index (κ1) is 21.5. The maximum absolute atomic E-state index is 15.1. The van der Waals surface area contributed by atoms with Gasteiger partial charge in [-0.3, -0.25) is 14.2 Å². The van der Waals surface area contributed by atoms with Crippen LogP contribution in [0.15, 0.2) is 36.9 Å². The molecule has 0 aromatic carbocycles. The van der Waals surface area contributed by atoms with Crippen LogP contribution >= 0.6 is 0 Å². The summed E-state index contributed by atoms with van der Waals surface area (Å²) in [6.45, 7) is 1.88. The number of ether oxygens (including phenoxy) is 2. The van der Waals surface area contributed by atoms with Crippen LogP contribution in [0, 0.1) is 0 Å². The molecular formula is C22H24FN9O3. The minimum absolute atomic E-state index is 0.0396. The molecular weight excluding hydrogens is 457 g/mol. The topological polar surface area (TPSA) is 136 Å². The van der Waals surface area contributed by atoms with E-state index in [2.05, 4.69) is 35.9 Å². The molecule has 35 heavy (non-hydrogen) atoms. The van der Waals surface area contributed by atoms with Gasteiger partial charge in [0.25, 0.3) is 0 Å². The predicted octanol–water partition coefficient (Wildman–Crippen LogP) is 2.65. The Morgan fingerprint density at radius 2 is 2.23 bits per heavy atom. The van der Waals surface area contributed by atoms with E-state index in [4.69, 9.17) is 9.47 Å². The smallest absolute Gasteiger partial charge is 0.408 e. The van der Waals surface area contributed by atoms with Crippen molar-refractivity contribution in [1.29, 1.82) is 0 Å². The predicted molar refractivity (Wildman–Crippen MR) is 122 cm³/mol. The van der Waals surface area contributed by atoms with Crippen LogP contribution in [0.5, 0.6) is 0 Å². The van der Waals surface area contributed by atoms with Gasteiger partial charge in [0.05, 0.1) is 24.2 Å². The summed E-state index contributed by atoms with van der Waals surface area (Å²) in [4.78, 5) is 21.1. The summed E-state index contributed by atoms with van der Waals surface area (Å²) in [5, 5.41) is 17.2. The Kier molecular flexibility index (Phi) is 4.95. The minimum Gasteiger partial charge on any atom is -0.441 e. The molecule has 1 saturated heterocycles. The molecule has 6 rings (SSSR count).